The van der Waals surface area contributed by atoms with E-state index in [0.29, 0.717) is 28.7 Å². The molecule has 1 N–H and O–H groups in total. The van der Waals surface area contributed by atoms with Crippen molar-refractivity contribution >= 4 is 38.8 Å². The van der Waals surface area contributed by atoms with Gasteiger partial charge in [-0.05, 0) is 49.4 Å². The van der Waals surface area contributed by atoms with E-state index in [1.54, 1.807) is 17.0 Å². The highest BCUT2D eigenvalue weighted by atomic mass is 35.5. The molecule has 2 bridgehead atoms. The van der Waals surface area contributed by atoms with Crippen LogP contribution in [-0.4, -0.2) is 36.5 Å². The van der Waals surface area contributed by atoms with Crippen molar-refractivity contribution < 1.29 is 13.2 Å². The smallest absolute Gasteiger partial charge is 0.263 e. The molecule has 2 aliphatic heterocycles. The van der Waals surface area contributed by atoms with E-state index in [-0.39, 0.29) is 11.0 Å². The Kier molecular flexibility index (Phi) is 6.11. The number of rotatable bonds is 7. The third kappa shape index (κ3) is 4.64. The Hall–Kier alpha value is -2.13. The number of ether oxygens (including phenoxy) is 1. The Bertz CT molecular complexity index is 1160. The highest BCUT2D eigenvalue weighted by molar-refractivity contribution is 7.92. The summed E-state index contributed by atoms with van der Waals surface area (Å²) in [5.41, 5.74) is 2.91. The van der Waals surface area contributed by atoms with Gasteiger partial charge in [-0.2, -0.15) is 0 Å². The molecule has 0 saturated carbocycles. The van der Waals surface area contributed by atoms with Gasteiger partial charge in [-0.1, -0.05) is 41.9 Å². The van der Waals surface area contributed by atoms with Crippen LogP contribution in [0.3, 0.4) is 0 Å². The van der Waals surface area contributed by atoms with Crippen LogP contribution < -0.4 is 9.46 Å². The monoisotopic (exact) mass is 489 g/mol. The van der Waals surface area contributed by atoms with E-state index < -0.39 is 10.0 Å². The van der Waals surface area contributed by atoms with E-state index in [1.807, 2.05) is 6.07 Å². The van der Waals surface area contributed by atoms with Crippen LogP contribution in [0, 0.1) is 0 Å². The number of piperidine rings is 1. The number of halogens is 1. The molecule has 5 rings (SSSR count). The molecule has 2 aliphatic rings. The predicted molar refractivity (Wildman–Crippen MR) is 127 cm³/mol. The lowest BCUT2D eigenvalue weighted by molar-refractivity contribution is 0.0446. The zero-order chi connectivity index (χ0) is 22.1. The number of benzene rings is 2. The Balaban J connectivity index is 1.24. The second-order valence-corrected chi connectivity index (χ2v) is 11.1. The van der Waals surface area contributed by atoms with Gasteiger partial charge in [0.05, 0.1) is 15.4 Å². The SMILES string of the molecule is O=S(=O)(Nc1cscn1)c1ccc(OC2C[C@H]3CC[C@@H](C2)N3Cc2ccccc2)c(Cl)c1. The van der Waals surface area contributed by atoms with Gasteiger partial charge in [0.15, 0.2) is 5.82 Å². The van der Waals surface area contributed by atoms with Crippen molar-refractivity contribution in [1.29, 1.82) is 0 Å². The van der Waals surface area contributed by atoms with Crippen LogP contribution >= 0.6 is 22.9 Å². The number of nitrogens with zero attached hydrogens (tertiary/aromatic N) is 2. The van der Waals surface area contributed by atoms with E-state index in [4.69, 9.17) is 16.3 Å². The zero-order valence-corrected chi connectivity index (χ0v) is 19.7. The minimum atomic E-state index is -3.75. The van der Waals surface area contributed by atoms with Gasteiger partial charge in [0.25, 0.3) is 10.0 Å². The highest BCUT2D eigenvalue weighted by Crippen LogP contribution is 2.39. The standard InChI is InChI=1S/C23H24ClN3O3S2/c24-21-12-20(32(28,29)26-23-14-31-15-25-23)8-9-22(21)30-19-10-17-6-7-18(11-19)27(17)13-16-4-2-1-3-5-16/h1-5,8-9,12,14-15,17-19,26H,6-7,10-11,13H2/t17-,18+,19?. The molecule has 0 amide bonds. The minimum Gasteiger partial charge on any atom is -0.489 e. The zero-order valence-electron chi connectivity index (χ0n) is 17.4. The van der Waals surface area contributed by atoms with Crippen LogP contribution in [0.15, 0.2) is 64.3 Å². The second kappa shape index (κ2) is 9.02. The van der Waals surface area contributed by atoms with Crippen molar-refractivity contribution in [3.8, 4) is 5.75 Å². The van der Waals surface area contributed by atoms with E-state index in [0.717, 1.165) is 19.4 Å². The first-order valence-electron chi connectivity index (χ1n) is 10.6. The summed E-state index contributed by atoms with van der Waals surface area (Å²) in [5, 5.41) is 1.93. The summed E-state index contributed by atoms with van der Waals surface area (Å²) < 4.78 is 33.9. The summed E-state index contributed by atoms with van der Waals surface area (Å²) in [4.78, 5) is 6.65. The van der Waals surface area contributed by atoms with E-state index in [1.165, 1.54) is 41.9 Å². The lowest BCUT2D eigenvalue weighted by atomic mass is 9.98. The number of nitrogens with one attached hydrogen (secondary N) is 1. The minimum absolute atomic E-state index is 0.0765. The largest absolute Gasteiger partial charge is 0.489 e. The molecular formula is C23H24ClN3O3S2. The molecule has 2 aromatic carbocycles. The molecule has 3 heterocycles. The first kappa shape index (κ1) is 21.7. The van der Waals surface area contributed by atoms with E-state index in [9.17, 15) is 8.42 Å². The third-order valence-corrected chi connectivity index (χ3v) is 8.46. The van der Waals surface area contributed by atoms with Gasteiger partial charge >= 0.3 is 0 Å². The van der Waals surface area contributed by atoms with Crippen molar-refractivity contribution in [2.75, 3.05) is 4.72 Å². The Morgan fingerprint density at radius 2 is 1.88 bits per heavy atom. The van der Waals surface area contributed by atoms with E-state index in [2.05, 4.69) is 38.9 Å². The number of fused-ring (bicyclic) bond motifs is 2. The van der Waals surface area contributed by atoms with Gasteiger partial charge < -0.3 is 4.74 Å². The normalized spacial score (nSPS) is 23.2. The number of anilines is 1. The van der Waals surface area contributed by atoms with Crippen LogP contribution in [0.25, 0.3) is 0 Å². The Morgan fingerprint density at radius 1 is 1.12 bits per heavy atom. The fourth-order valence-corrected chi connectivity index (χ4v) is 6.63. The van der Waals surface area contributed by atoms with Crippen molar-refractivity contribution in [3.05, 3.63) is 70.0 Å². The van der Waals surface area contributed by atoms with Crippen LogP contribution in [0.1, 0.15) is 31.2 Å². The van der Waals surface area contributed by atoms with Gasteiger partial charge in [0.2, 0.25) is 0 Å². The Morgan fingerprint density at radius 3 is 2.53 bits per heavy atom. The molecule has 3 aromatic rings. The number of sulfonamides is 1. The lowest BCUT2D eigenvalue weighted by Gasteiger charge is -2.39. The molecule has 168 valence electrons. The molecule has 0 aliphatic carbocycles. The van der Waals surface area contributed by atoms with Crippen LogP contribution in [0.4, 0.5) is 5.82 Å². The maximum absolute atomic E-state index is 12.6. The molecule has 0 spiro atoms. The third-order valence-electron chi connectivity index (χ3n) is 6.23. The molecule has 6 nitrogen and oxygen atoms in total. The molecule has 2 saturated heterocycles. The van der Waals surface area contributed by atoms with Gasteiger partial charge in [0, 0.05) is 24.0 Å². The van der Waals surface area contributed by atoms with Crippen molar-refractivity contribution in [2.45, 2.75) is 55.3 Å². The lowest BCUT2D eigenvalue weighted by Crippen LogP contribution is -2.45. The predicted octanol–water partition coefficient (Wildman–Crippen LogP) is 5.17. The first-order valence-corrected chi connectivity index (χ1v) is 13.5. The molecule has 1 unspecified atom stereocenters. The quantitative estimate of drug-likeness (QED) is 0.495. The van der Waals surface area contributed by atoms with Crippen LogP contribution in [0.5, 0.6) is 5.75 Å². The number of hydrogen-bond donors (Lipinski definition) is 1. The van der Waals surface area contributed by atoms with Gasteiger partial charge in [-0.3, -0.25) is 9.62 Å². The van der Waals surface area contributed by atoms with Crippen LogP contribution in [0.2, 0.25) is 5.02 Å². The average molecular weight is 490 g/mol. The average Bonchev–Trinajstić information content (AvgIpc) is 3.35. The van der Waals surface area contributed by atoms with Gasteiger partial charge in [0.1, 0.15) is 11.9 Å². The molecule has 2 fully saturated rings. The van der Waals surface area contributed by atoms with Gasteiger partial charge in [-0.25, -0.2) is 13.4 Å². The molecule has 32 heavy (non-hydrogen) atoms. The van der Waals surface area contributed by atoms with Crippen molar-refractivity contribution in [1.82, 2.24) is 9.88 Å². The number of aromatic nitrogens is 1. The Labute approximate surface area is 197 Å². The number of hydrogen-bond acceptors (Lipinski definition) is 6. The molecular weight excluding hydrogens is 466 g/mol. The summed E-state index contributed by atoms with van der Waals surface area (Å²) >= 11 is 7.74. The summed E-state index contributed by atoms with van der Waals surface area (Å²) in [6, 6.07) is 16.2. The maximum Gasteiger partial charge on any atom is 0.263 e. The summed E-state index contributed by atoms with van der Waals surface area (Å²) in [6.07, 6.45) is 4.35. The molecule has 1 aromatic heterocycles. The maximum atomic E-state index is 12.6. The fourth-order valence-electron chi connectivity index (χ4n) is 4.76. The number of thiazole rings is 1. The summed E-state index contributed by atoms with van der Waals surface area (Å²) in [7, 11) is -3.75. The first-order chi connectivity index (χ1) is 15.5. The highest BCUT2D eigenvalue weighted by Gasteiger charge is 2.41. The summed E-state index contributed by atoms with van der Waals surface area (Å²) in [5.74, 6) is 0.823. The summed E-state index contributed by atoms with van der Waals surface area (Å²) in [6.45, 7) is 0.974. The van der Waals surface area contributed by atoms with Crippen molar-refractivity contribution in [2.24, 2.45) is 0 Å². The topological polar surface area (TPSA) is 71.5 Å². The fraction of sp³-hybridized carbons (Fsp3) is 0.348. The second-order valence-electron chi connectivity index (χ2n) is 8.33. The van der Waals surface area contributed by atoms with Gasteiger partial charge in [-0.15, -0.1) is 11.3 Å². The van der Waals surface area contributed by atoms with Crippen LogP contribution in [-0.2, 0) is 16.6 Å². The molecule has 3 atom stereocenters. The van der Waals surface area contributed by atoms with Crippen molar-refractivity contribution in [3.63, 3.8) is 0 Å². The molecule has 0 radical (unpaired) electrons. The van der Waals surface area contributed by atoms with E-state index >= 15 is 0 Å². The molecule has 9 heteroatoms.